The third kappa shape index (κ3) is 4.73. The average molecular weight is 356 g/mol. The van der Waals surface area contributed by atoms with Crippen molar-refractivity contribution in [1.82, 2.24) is 4.90 Å². The zero-order valence-electron chi connectivity index (χ0n) is 13.1. The number of nitro benzene ring substituents is 1. The van der Waals surface area contributed by atoms with Gasteiger partial charge in [0.15, 0.2) is 0 Å². The summed E-state index contributed by atoms with van der Waals surface area (Å²) in [6.45, 7) is 2.32. The number of rotatable bonds is 7. The lowest BCUT2D eigenvalue weighted by Gasteiger charge is -2.32. The molecule has 0 saturated carbocycles. The zero-order valence-corrected chi connectivity index (χ0v) is 13.9. The van der Waals surface area contributed by atoms with Gasteiger partial charge in [0.1, 0.15) is 12.0 Å². The van der Waals surface area contributed by atoms with Crippen LogP contribution in [0.3, 0.4) is 0 Å². The summed E-state index contributed by atoms with van der Waals surface area (Å²) in [4.78, 5) is 22.9. The number of anilines is 1. The molecule has 0 bridgehead atoms. The Kier molecular flexibility index (Phi) is 5.86. The molecule has 0 spiro atoms. The molecule has 1 aromatic carbocycles. The van der Waals surface area contributed by atoms with Crippen LogP contribution in [0.5, 0.6) is 0 Å². The van der Waals surface area contributed by atoms with Gasteiger partial charge in [-0.2, -0.15) is 0 Å². The highest BCUT2D eigenvalue weighted by molar-refractivity contribution is 7.89. The van der Waals surface area contributed by atoms with Crippen LogP contribution in [0.2, 0.25) is 0 Å². The Morgan fingerprint density at radius 2 is 2.04 bits per heavy atom. The summed E-state index contributed by atoms with van der Waals surface area (Å²) in [5.74, 6) is 0. The molecule has 1 fully saturated rings. The molecule has 9 nitrogen and oxygen atoms in total. The monoisotopic (exact) mass is 356 g/mol. The number of hydrogen-bond acceptors (Lipinski definition) is 7. The predicted octanol–water partition coefficient (Wildman–Crippen LogP) is 0.708. The van der Waals surface area contributed by atoms with E-state index in [1.807, 2.05) is 0 Å². The van der Waals surface area contributed by atoms with Crippen LogP contribution in [0.25, 0.3) is 0 Å². The number of nitro groups is 1. The van der Waals surface area contributed by atoms with Crippen molar-refractivity contribution in [2.75, 3.05) is 25.0 Å². The fraction of sp³-hybridized carbons (Fsp3) is 0.500. The summed E-state index contributed by atoms with van der Waals surface area (Å²) in [7, 11) is -3.99. The molecular weight excluding hydrogens is 336 g/mol. The van der Waals surface area contributed by atoms with Crippen LogP contribution in [0.15, 0.2) is 23.1 Å². The molecule has 0 aromatic heterocycles. The number of piperidine rings is 1. The minimum Gasteiger partial charge on any atom is -0.377 e. The standard InChI is InChI=1S/C14H20N4O5S/c15-24(22,23)12-2-3-13(14(10-12)18(20)21)16-11-4-7-17(8-5-11)6-1-9-19/h2-3,9-11,16H,1,4-8H2,(H2,15,22,23). The second-order valence-corrected chi connectivity index (χ2v) is 7.26. The average Bonchev–Trinajstić information content (AvgIpc) is 2.53. The number of carbonyl (C=O) groups excluding carboxylic acids is 1. The number of carbonyl (C=O) groups is 1. The Hall–Kier alpha value is -2.04. The molecular formula is C14H20N4O5S. The highest BCUT2D eigenvalue weighted by Gasteiger charge is 2.23. The van der Waals surface area contributed by atoms with E-state index in [4.69, 9.17) is 5.14 Å². The van der Waals surface area contributed by atoms with Crippen LogP contribution in [0, 0.1) is 10.1 Å². The molecule has 24 heavy (non-hydrogen) atoms. The molecule has 0 amide bonds. The molecule has 2 rings (SSSR count). The largest absolute Gasteiger partial charge is 0.377 e. The summed E-state index contributed by atoms with van der Waals surface area (Å²) >= 11 is 0. The van der Waals surface area contributed by atoms with Gasteiger partial charge in [0.25, 0.3) is 5.69 Å². The van der Waals surface area contributed by atoms with Gasteiger partial charge in [0, 0.05) is 38.2 Å². The van der Waals surface area contributed by atoms with Crippen LogP contribution < -0.4 is 10.5 Å². The van der Waals surface area contributed by atoms with Crippen molar-refractivity contribution in [2.45, 2.75) is 30.2 Å². The van der Waals surface area contributed by atoms with Crippen LogP contribution in [-0.2, 0) is 14.8 Å². The first-order valence-corrected chi connectivity index (χ1v) is 9.09. The molecule has 1 heterocycles. The first kappa shape index (κ1) is 18.3. The first-order chi connectivity index (χ1) is 11.3. The molecule has 1 aliphatic heterocycles. The van der Waals surface area contributed by atoms with E-state index in [1.54, 1.807) is 0 Å². The van der Waals surface area contributed by atoms with Gasteiger partial charge in [0.2, 0.25) is 10.0 Å². The van der Waals surface area contributed by atoms with E-state index in [2.05, 4.69) is 10.2 Å². The smallest absolute Gasteiger partial charge is 0.293 e. The second kappa shape index (κ2) is 7.69. The summed E-state index contributed by atoms with van der Waals surface area (Å²) < 4.78 is 22.7. The maximum Gasteiger partial charge on any atom is 0.293 e. The van der Waals surface area contributed by atoms with Crippen molar-refractivity contribution in [1.29, 1.82) is 0 Å². The van der Waals surface area contributed by atoms with Crippen LogP contribution in [0.1, 0.15) is 19.3 Å². The molecule has 10 heteroatoms. The van der Waals surface area contributed by atoms with Crippen LogP contribution in [-0.4, -0.2) is 50.2 Å². The lowest BCUT2D eigenvalue weighted by Crippen LogP contribution is -2.39. The highest BCUT2D eigenvalue weighted by atomic mass is 32.2. The molecule has 0 atom stereocenters. The highest BCUT2D eigenvalue weighted by Crippen LogP contribution is 2.29. The van der Waals surface area contributed by atoms with Crippen molar-refractivity contribution < 1.29 is 18.1 Å². The van der Waals surface area contributed by atoms with Gasteiger partial charge in [0.05, 0.1) is 9.82 Å². The van der Waals surface area contributed by atoms with E-state index in [9.17, 15) is 23.3 Å². The number of sulfonamides is 1. The normalized spacial score (nSPS) is 16.7. The maximum absolute atomic E-state index is 11.3. The third-order valence-electron chi connectivity index (χ3n) is 4.00. The molecule has 3 N–H and O–H groups in total. The Morgan fingerprint density at radius 1 is 1.38 bits per heavy atom. The predicted molar refractivity (Wildman–Crippen MR) is 88.2 cm³/mol. The van der Waals surface area contributed by atoms with Gasteiger partial charge in [-0.1, -0.05) is 0 Å². The minimum atomic E-state index is -3.99. The molecule has 0 aliphatic carbocycles. The first-order valence-electron chi connectivity index (χ1n) is 7.55. The summed E-state index contributed by atoms with van der Waals surface area (Å²) in [6.07, 6.45) is 2.96. The number of likely N-dealkylation sites (tertiary alicyclic amines) is 1. The van der Waals surface area contributed by atoms with E-state index >= 15 is 0 Å². The molecule has 0 unspecified atom stereocenters. The van der Waals surface area contributed by atoms with Crippen molar-refractivity contribution in [3.8, 4) is 0 Å². The van der Waals surface area contributed by atoms with E-state index in [0.29, 0.717) is 6.42 Å². The molecule has 132 valence electrons. The molecule has 0 radical (unpaired) electrons. The Bertz CT molecular complexity index is 714. The lowest BCUT2D eigenvalue weighted by atomic mass is 10.0. The minimum absolute atomic E-state index is 0.0523. The van der Waals surface area contributed by atoms with Gasteiger partial charge in [-0.15, -0.1) is 0 Å². The number of benzene rings is 1. The molecule has 1 saturated heterocycles. The number of hydrogen-bond donors (Lipinski definition) is 2. The van der Waals surface area contributed by atoms with E-state index in [0.717, 1.165) is 44.8 Å². The number of nitrogens with zero attached hydrogens (tertiary/aromatic N) is 2. The number of primary sulfonamides is 1. The Labute approximate surface area is 140 Å². The van der Waals surface area contributed by atoms with Gasteiger partial charge >= 0.3 is 0 Å². The van der Waals surface area contributed by atoms with Gasteiger partial charge in [-0.05, 0) is 25.0 Å². The van der Waals surface area contributed by atoms with Crippen molar-refractivity contribution in [3.05, 3.63) is 28.3 Å². The fourth-order valence-corrected chi connectivity index (χ4v) is 3.25. The van der Waals surface area contributed by atoms with E-state index in [-0.39, 0.29) is 22.3 Å². The van der Waals surface area contributed by atoms with Crippen molar-refractivity contribution in [3.63, 3.8) is 0 Å². The number of aldehydes is 1. The van der Waals surface area contributed by atoms with Crippen LogP contribution >= 0.6 is 0 Å². The number of nitrogens with two attached hydrogens (primary N) is 1. The van der Waals surface area contributed by atoms with Gasteiger partial charge < -0.3 is 15.0 Å². The van der Waals surface area contributed by atoms with E-state index in [1.165, 1.54) is 12.1 Å². The molecule has 1 aromatic rings. The lowest BCUT2D eigenvalue weighted by molar-refractivity contribution is -0.384. The summed E-state index contributed by atoms with van der Waals surface area (Å²) in [5.41, 5.74) is -0.0383. The van der Waals surface area contributed by atoms with E-state index < -0.39 is 14.9 Å². The molecule has 1 aliphatic rings. The topological polar surface area (TPSA) is 136 Å². The third-order valence-corrected chi connectivity index (χ3v) is 4.92. The SMILES string of the molecule is NS(=O)(=O)c1ccc(NC2CCN(CCC=O)CC2)c([N+](=O)[O-])c1. The summed E-state index contributed by atoms with van der Waals surface area (Å²) in [5, 5.41) is 19.3. The zero-order chi connectivity index (χ0) is 17.7. The summed E-state index contributed by atoms with van der Waals surface area (Å²) in [6, 6.07) is 3.65. The number of nitrogens with one attached hydrogen (secondary N) is 1. The Balaban J connectivity index is 2.07. The maximum atomic E-state index is 11.3. The van der Waals surface area contributed by atoms with Gasteiger partial charge in [-0.3, -0.25) is 10.1 Å². The van der Waals surface area contributed by atoms with Crippen molar-refractivity contribution >= 4 is 27.7 Å². The van der Waals surface area contributed by atoms with Gasteiger partial charge in [-0.25, -0.2) is 13.6 Å². The fourth-order valence-electron chi connectivity index (χ4n) is 2.72. The second-order valence-electron chi connectivity index (χ2n) is 5.70. The Morgan fingerprint density at radius 3 is 2.58 bits per heavy atom. The van der Waals surface area contributed by atoms with Crippen molar-refractivity contribution in [2.24, 2.45) is 5.14 Å². The quantitative estimate of drug-likeness (QED) is 0.417. The van der Waals surface area contributed by atoms with Crippen LogP contribution in [0.4, 0.5) is 11.4 Å².